The van der Waals surface area contributed by atoms with E-state index in [2.05, 4.69) is 5.32 Å². The number of nitrogens with one attached hydrogen (secondary N) is 1. The maximum absolute atomic E-state index is 15.1. The van der Waals surface area contributed by atoms with Gasteiger partial charge in [0.05, 0.1) is 37.3 Å². The van der Waals surface area contributed by atoms with Crippen LogP contribution in [0.5, 0.6) is 0 Å². The van der Waals surface area contributed by atoms with E-state index in [1.54, 1.807) is 23.1 Å². The summed E-state index contributed by atoms with van der Waals surface area (Å²) in [6, 6.07) is 12.4. The lowest BCUT2D eigenvalue weighted by atomic mass is 9.77. The third-order valence-corrected chi connectivity index (χ3v) is 10.6. The number of carbonyl (C=O) groups excluding carboxylic acids is 4. The molecule has 6 rings (SSSR count). The van der Waals surface area contributed by atoms with Crippen LogP contribution in [-0.2, 0) is 33.4 Å². The van der Waals surface area contributed by atoms with Crippen molar-refractivity contribution in [3.63, 3.8) is 0 Å². The van der Waals surface area contributed by atoms with Gasteiger partial charge in [-0.3, -0.25) is 19.2 Å². The fraction of sp³-hybridized carbons (Fsp3) is 0.500. The Kier molecular flexibility index (Phi) is 10.8. The Morgan fingerprint density at radius 2 is 1.73 bits per heavy atom. The topological polar surface area (TPSA) is 135 Å². The Bertz CT molecular complexity index is 1670. The Hall–Kier alpha value is -4.32. The number of aliphatic hydroxyl groups excluding tert-OH is 1. The predicted molar refractivity (Wildman–Crippen MR) is 190 cm³/mol. The van der Waals surface area contributed by atoms with E-state index in [0.29, 0.717) is 18.4 Å². The quantitative estimate of drug-likeness (QED) is 0.313. The number of aryl methyl sites for hydroxylation is 2. The van der Waals surface area contributed by atoms with Crippen LogP contribution in [0.3, 0.4) is 0 Å². The molecule has 2 N–H and O–H groups in total. The van der Waals surface area contributed by atoms with Gasteiger partial charge in [-0.2, -0.15) is 0 Å². The zero-order chi connectivity index (χ0) is 36.4. The zero-order valence-electron chi connectivity index (χ0n) is 30.0. The molecule has 4 aliphatic heterocycles. The molecule has 8 atom stereocenters. The molecule has 272 valence electrons. The maximum atomic E-state index is 15.1. The molecule has 51 heavy (non-hydrogen) atoms. The first-order valence-corrected chi connectivity index (χ1v) is 17.9. The van der Waals surface area contributed by atoms with Gasteiger partial charge >= 0.3 is 5.97 Å². The summed E-state index contributed by atoms with van der Waals surface area (Å²) in [5, 5.41) is 13.7. The summed E-state index contributed by atoms with van der Waals surface area (Å²) < 4.78 is 18.7. The van der Waals surface area contributed by atoms with Crippen molar-refractivity contribution in [2.24, 2.45) is 17.8 Å². The molecule has 11 nitrogen and oxygen atoms in total. The van der Waals surface area contributed by atoms with Crippen molar-refractivity contribution >= 4 is 29.4 Å². The van der Waals surface area contributed by atoms with E-state index in [-0.39, 0.29) is 43.9 Å². The summed E-state index contributed by atoms with van der Waals surface area (Å²) in [6.45, 7) is 7.82. The SMILES string of the molecule is COC[C@H]1NC(=O)CC/C=C\[C@H]2O[C@]34C=CCN(c5c(C)cccc5C)C(=O)[C@H]3N([C@@H](CO)CC(C)C)C(=O)[C@@H]4[C@H]2C(=O)O[C@@H]1c1ccccc1. The van der Waals surface area contributed by atoms with Gasteiger partial charge in [0, 0.05) is 25.8 Å². The molecule has 0 saturated carbocycles. The van der Waals surface area contributed by atoms with Gasteiger partial charge in [0.1, 0.15) is 23.7 Å². The van der Waals surface area contributed by atoms with E-state index in [4.69, 9.17) is 14.2 Å². The standard InChI is InChI=1S/C40H49N3O8/c1-24(2)21-28(22-44)43-36-38(47)42(34-25(3)13-11-14-26(34)4)20-12-19-40(36)33(37(43)46)32-30(51-40)17-9-10-18-31(45)41-29(23-49-5)35(50-39(32)48)27-15-7-6-8-16-27/h6-9,11-17,19,24,28-30,32-33,35-36,44H,10,18,20-23H2,1-5H3,(H,41,45)/b17-9-/t28-,29-,30-,32+,33+,35-,36-,40+/m1/s1. The fourth-order valence-corrected chi connectivity index (χ4v) is 8.47. The molecule has 2 fully saturated rings. The summed E-state index contributed by atoms with van der Waals surface area (Å²) in [7, 11) is 1.51. The molecule has 3 amide bonds. The number of allylic oxidation sites excluding steroid dienone is 1. The molecule has 0 aliphatic carbocycles. The molecule has 4 aliphatic rings. The molecule has 0 unspecified atom stereocenters. The Morgan fingerprint density at radius 1 is 1.00 bits per heavy atom. The highest BCUT2D eigenvalue weighted by Gasteiger charge is 2.72. The molecule has 2 aromatic rings. The first-order chi connectivity index (χ1) is 24.5. The lowest BCUT2D eigenvalue weighted by molar-refractivity contribution is -0.163. The number of esters is 1. The summed E-state index contributed by atoms with van der Waals surface area (Å²) in [5.74, 6) is -3.86. The van der Waals surface area contributed by atoms with Crippen LogP contribution in [0.4, 0.5) is 5.69 Å². The predicted octanol–water partition coefficient (Wildman–Crippen LogP) is 3.96. The minimum absolute atomic E-state index is 0.0694. The van der Waals surface area contributed by atoms with Crippen molar-refractivity contribution in [3.8, 4) is 0 Å². The normalized spacial score (nSPS) is 30.8. The molecule has 0 radical (unpaired) electrons. The number of nitrogens with zero attached hydrogens (tertiary/aromatic N) is 2. The second-order valence-electron chi connectivity index (χ2n) is 14.5. The smallest absolute Gasteiger partial charge is 0.313 e. The first-order valence-electron chi connectivity index (χ1n) is 17.9. The number of aliphatic hydroxyl groups is 1. The number of methoxy groups -OCH3 is 1. The van der Waals surface area contributed by atoms with Crippen LogP contribution in [0, 0.1) is 31.6 Å². The fourth-order valence-electron chi connectivity index (χ4n) is 8.47. The van der Waals surface area contributed by atoms with Crippen LogP contribution in [-0.4, -0.2) is 90.4 Å². The highest BCUT2D eigenvalue weighted by molar-refractivity contribution is 6.06. The number of anilines is 1. The molecule has 2 saturated heterocycles. The zero-order valence-corrected chi connectivity index (χ0v) is 30.0. The van der Waals surface area contributed by atoms with Gasteiger partial charge < -0.3 is 34.4 Å². The Labute approximate surface area is 299 Å². The van der Waals surface area contributed by atoms with Crippen LogP contribution in [0.2, 0.25) is 0 Å². The molecule has 0 aromatic heterocycles. The van der Waals surface area contributed by atoms with Crippen molar-refractivity contribution in [1.29, 1.82) is 0 Å². The van der Waals surface area contributed by atoms with Gasteiger partial charge in [-0.1, -0.05) is 86.7 Å². The van der Waals surface area contributed by atoms with Crippen LogP contribution in [0.25, 0.3) is 0 Å². The monoisotopic (exact) mass is 699 g/mol. The number of fused-ring (bicyclic) bond motifs is 2. The number of carbonyl (C=O) groups is 4. The highest BCUT2D eigenvalue weighted by Crippen LogP contribution is 2.54. The number of ether oxygens (including phenoxy) is 3. The number of cyclic esters (lactones) is 1. The van der Waals surface area contributed by atoms with Crippen LogP contribution >= 0.6 is 0 Å². The third-order valence-electron chi connectivity index (χ3n) is 10.6. The Balaban J connectivity index is 1.49. The molecular weight excluding hydrogens is 650 g/mol. The average molecular weight is 700 g/mol. The third kappa shape index (κ3) is 6.74. The number of hydrogen-bond acceptors (Lipinski definition) is 8. The van der Waals surface area contributed by atoms with Gasteiger partial charge in [-0.15, -0.1) is 0 Å². The Morgan fingerprint density at radius 3 is 2.39 bits per heavy atom. The van der Waals surface area contributed by atoms with Crippen molar-refractivity contribution in [3.05, 3.63) is 89.5 Å². The number of hydrogen-bond donors (Lipinski definition) is 2. The number of likely N-dealkylation sites (tertiary alicyclic amines) is 1. The summed E-state index contributed by atoms with van der Waals surface area (Å²) in [4.78, 5) is 61.0. The van der Waals surface area contributed by atoms with E-state index in [1.165, 1.54) is 12.0 Å². The van der Waals surface area contributed by atoms with Crippen LogP contribution in [0.1, 0.15) is 55.9 Å². The number of amides is 3. The molecule has 2 aromatic carbocycles. The van der Waals surface area contributed by atoms with Gasteiger partial charge in [-0.05, 0) is 49.3 Å². The van der Waals surface area contributed by atoms with Crippen molar-refractivity contribution < 1.29 is 38.5 Å². The lowest BCUT2D eigenvalue weighted by Gasteiger charge is -2.39. The second-order valence-corrected chi connectivity index (χ2v) is 14.5. The van der Waals surface area contributed by atoms with Gasteiger partial charge in [-0.25, -0.2) is 0 Å². The van der Waals surface area contributed by atoms with Crippen molar-refractivity contribution in [1.82, 2.24) is 10.2 Å². The van der Waals surface area contributed by atoms with Crippen LogP contribution in [0.15, 0.2) is 72.8 Å². The molecular formula is C40H49N3O8. The first kappa shape index (κ1) is 36.5. The number of para-hydroxylation sites is 1. The number of benzene rings is 2. The lowest BCUT2D eigenvalue weighted by Crippen LogP contribution is -2.58. The average Bonchev–Trinajstić information content (AvgIpc) is 3.49. The maximum Gasteiger partial charge on any atom is 0.313 e. The van der Waals surface area contributed by atoms with Crippen molar-refractivity contribution in [2.75, 3.05) is 31.8 Å². The summed E-state index contributed by atoms with van der Waals surface area (Å²) >= 11 is 0. The summed E-state index contributed by atoms with van der Waals surface area (Å²) in [5.41, 5.74) is 1.67. The molecule has 4 heterocycles. The second kappa shape index (κ2) is 15.1. The van der Waals surface area contributed by atoms with Crippen molar-refractivity contribution in [2.45, 2.75) is 82.9 Å². The molecule has 11 heteroatoms. The minimum Gasteiger partial charge on any atom is -0.455 e. The minimum atomic E-state index is -1.54. The largest absolute Gasteiger partial charge is 0.455 e. The molecule has 1 spiro atoms. The number of rotatable bonds is 8. The van der Waals surface area contributed by atoms with E-state index < -0.39 is 59.6 Å². The van der Waals surface area contributed by atoms with E-state index in [0.717, 1.165) is 16.8 Å². The molecule has 0 bridgehead atoms. The van der Waals surface area contributed by atoms with Crippen LogP contribution < -0.4 is 10.2 Å². The van der Waals surface area contributed by atoms with E-state index in [1.807, 2.05) is 82.3 Å². The van der Waals surface area contributed by atoms with Gasteiger partial charge in [0.15, 0.2) is 0 Å². The van der Waals surface area contributed by atoms with Gasteiger partial charge in [0.2, 0.25) is 11.8 Å². The van der Waals surface area contributed by atoms with E-state index >= 15 is 9.59 Å². The van der Waals surface area contributed by atoms with E-state index in [9.17, 15) is 14.7 Å². The summed E-state index contributed by atoms with van der Waals surface area (Å²) in [6.07, 6.45) is 6.23. The van der Waals surface area contributed by atoms with Gasteiger partial charge in [0.25, 0.3) is 5.91 Å². The highest BCUT2D eigenvalue weighted by atomic mass is 16.6.